The highest BCUT2D eigenvalue weighted by molar-refractivity contribution is 5.95. The van der Waals surface area contributed by atoms with Crippen LogP contribution < -0.4 is 11.1 Å². The number of nitrogens with one attached hydrogen (secondary N) is 2. The lowest BCUT2D eigenvalue weighted by atomic mass is 10.0. The fourth-order valence-electron chi connectivity index (χ4n) is 3.29. The summed E-state index contributed by atoms with van der Waals surface area (Å²) in [7, 11) is 0. The Hall–Kier alpha value is -3.41. The molecule has 28 heavy (non-hydrogen) atoms. The van der Waals surface area contributed by atoms with Gasteiger partial charge < -0.3 is 16.0 Å². The van der Waals surface area contributed by atoms with E-state index in [9.17, 15) is 14.0 Å². The molecule has 0 fully saturated rings. The topological polar surface area (TPSA) is 88.0 Å². The zero-order valence-electron chi connectivity index (χ0n) is 15.8. The van der Waals surface area contributed by atoms with Crippen molar-refractivity contribution in [3.05, 3.63) is 76.2 Å². The number of halogens is 1. The Morgan fingerprint density at radius 3 is 2.75 bits per heavy atom. The molecule has 0 aliphatic carbocycles. The molecule has 2 aromatic carbocycles. The number of hydrogen-bond acceptors (Lipinski definition) is 2. The Labute approximate surface area is 162 Å². The van der Waals surface area contributed by atoms with Gasteiger partial charge in [0.1, 0.15) is 5.82 Å². The smallest absolute Gasteiger partial charge is 0.248 e. The van der Waals surface area contributed by atoms with E-state index in [1.54, 1.807) is 36.4 Å². The van der Waals surface area contributed by atoms with Crippen LogP contribution in [0.2, 0.25) is 0 Å². The van der Waals surface area contributed by atoms with Crippen LogP contribution in [0.1, 0.15) is 32.7 Å². The standard InChI is InChI=1S/C22H22FN3O2/c1-13-6-8-18(23)21-20(13)17(14(2)26-21)10-11-25-19(27)9-7-15-4-3-5-16(12-15)22(24)28/h3-9,12,26H,10-11H2,1-2H3,(H2,24,28)(H,25,27)/b9-7+. The van der Waals surface area contributed by atoms with E-state index in [0.29, 0.717) is 29.6 Å². The number of carbonyl (C=O) groups is 2. The molecule has 0 saturated carbocycles. The number of aromatic nitrogens is 1. The molecular formula is C22H22FN3O2. The van der Waals surface area contributed by atoms with Gasteiger partial charge in [-0.15, -0.1) is 0 Å². The third-order valence-corrected chi connectivity index (χ3v) is 4.70. The number of aromatic amines is 1. The van der Waals surface area contributed by atoms with Crippen LogP contribution in [0.25, 0.3) is 17.0 Å². The lowest BCUT2D eigenvalue weighted by Crippen LogP contribution is -2.23. The molecule has 0 spiro atoms. The van der Waals surface area contributed by atoms with Crippen molar-refractivity contribution >= 4 is 28.8 Å². The summed E-state index contributed by atoms with van der Waals surface area (Å²) in [5.74, 6) is -1.04. The van der Waals surface area contributed by atoms with Crippen LogP contribution in [0.4, 0.5) is 4.39 Å². The fourth-order valence-corrected chi connectivity index (χ4v) is 3.29. The maximum Gasteiger partial charge on any atom is 0.248 e. The number of carbonyl (C=O) groups excluding carboxylic acids is 2. The second kappa shape index (κ2) is 8.08. The number of rotatable bonds is 6. The van der Waals surface area contributed by atoms with Gasteiger partial charge in [-0.3, -0.25) is 9.59 Å². The maximum atomic E-state index is 14.0. The van der Waals surface area contributed by atoms with E-state index in [2.05, 4.69) is 10.3 Å². The van der Waals surface area contributed by atoms with Crippen LogP contribution in [-0.4, -0.2) is 23.3 Å². The van der Waals surface area contributed by atoms with E-state index in [0.717, 1.165) is 22.2 Å². The molecule has 2 amide bonds. The van der Waals surface area contributed by atoms with Gasteiger partial charge in [-0.25, -0.2) is 4.39 Å². The highest BCUT2D eigenvalue weighted by Gasteiger charge is 2.13. The van der Waals surface area contributed by atoms with Gasteiger partial charge >= 0.3 is 0 Å². The predicted octanol–water partition coefficient (Wildman–Crippen LogP) is 3.39. The van der Waals surface area contributed by atoms with Gasteiger partial charge in [-0.2, -0.15) is 0 Å². The molecule has 0 bridgehead atoms. The third kappa shape index (κ3) is 4.11. The van der Waals surface area contributed by atoms with Gasteiger partial charge in [0.05, 0.1) is 5.52 Å². The molecule has 0 saturated heterocycles. The van der Waals surface area contributed by atoms with E-state index < -0.39 is 5.91 Å². The van der Waals surface area contributed by atoms with E-state index in [-0.39, 0.29) is 11.7 Å². The number of benzene rings is 2. The van der Waals surface area contributed by atoms with Gasteiger partial charge in [0.25, 0.3) is 0 Å². The van der Waals surface area contributed by atoms with Crippen molar-refractivity contribution in [2.75, 3.05) is 6.54 Å². The summed E-state index contributed by atoms with van der Waals surface area (Å²) in [5.41, 5.74) is 9.76. The summed E-state index contributed by atoms with van der Waals surface area (Å²) >= 11 is 0. The van der Waals surface area contributed by atoms with Crippen molar-refractivity contribution < 1.29 is 14.0 Å². The molecule has 3 rings (SSSR count). The van der Waals surface area contributed by atoms with Gasteiger partial charge in [0, 0.05) is 29.3 Å². The molecular weight excluding hydrogens is 357 g/mol. The Balaban J connectivity index is 1.64. The minimum atomic E-state index is -0.513. The third-order valence-electron chi connectivity index (χ3n) is 4.70. The van der Waals surface area contributed by atoms with E-state index >= 15 is 0 Å². The monoisotopic (exact) mass is 379 g/mol. The van der Waals surface area contributed by atoms with E-state index in [4.69, 9.17) is 5.73 Å². The van der Waals surface area contributed by atoms with Crippen LogP contribution in [0.5, 0.6) is 0 Å². The normalized spacial score (nSPS) is 11.2. The molecule has 6 heteroatoms. The number of hydrogen-bond donors (Lipinski definition) is 3. The Bertz CT molecular complexity index is 1080. The molecule has 5 nitrogen and oxygen atoms in total. The molecule has 0 aliphatic rings. The molecule has 144 valence electrons. The summed E-state index contributed by atoms with van der Waals surface area (Å²) < 4.78 is 14.0. The average molecular weight is 379 g/mol. The average Bonchev–Trinajstić information content (AvgIpc) is 3.01. The van der Waals surface area contributed by atoms with Gasteiger partial charge in [0.15, 0.2) is 0 Å². The fraction of sp³-hybridized carbons (Fsp3) is 0.182. The number of primary amides is 1. The van der Waals surface area contributed by atoms with Crippen molar-refractivity contribution in [1.82, 2.24) is 10.3 Å². The molecule has 1 heterocycles. The number of amides is 2. The summed E-state index contributed by atoms with van der Waals surface area (Å²) in [4.78, 5) is 26.4. The number of aryl methyl sites for hydroxylation is 2. The van der Waals surface area contributed by atoms with Crippen LogP contribution >= 0.6 is 0 Å². The first-order valence-electron chi connectivity index (χ1n) is 8.99. The highest BCUT2D eigenvalue weighted by atomic mass is 19.1. The first-order valence-corrected chi connectivity index (χ1v) is 8.99. The molecule has 1 aromatic heterocycles. The Morgan fingerprint density at radius 1 is 1.21 bits per heavy atom. The lowest BCUT2D eigenvalue weighted by molar-refractivity contribution is -0.116. The first kappa shape index (κ1) is 19.4. The largest absolute Gasteiger partial charge is 0.366 e. The Kier molecular flexibility index (Phi) is 5.59. The van der Waals surface area contributed by atoms with Crippen LogP contribution in [0.15, 0.2) is 42.5 Å². The zero-order valence-corrected chi connectivity index (χ0v) is 15.8. The number of nitrogens with two attached hydrogens (primary N) is 1. The van der Waals surface area contributed by atoms with Crippen LogP contribution in [-0.2, 0) is 11.2 Å². The molecule has 3 aromatic rings. The molecule has 4 N–H and O–H groups in total. The SMILES string of the molecule is Cc1[nH]c2c(F)ccc(C)c2c1CCNC(=O)/C=C/c1cccc(C(N)=O)c1. The highest BCUT2D eigenvalue weighted by Crippen LogP contribution is 2.27. The zero-order chi connectivity index (χ0) is 20.3. The van der Waals surface area contributed by atoms with Crippen molar-refractivity contribution in [3.8, 4) is 0 Å². The second-order valence-electron chi connectivity index (χ2n) is 6.71. The summed E-state index contributed by atoms with van der Waals surface area (Å²) in [6.07, 6.45) is 3.62. The molecule has 0 atom stereocenters. The van der Waals surface area contributed by atoms with Gasteiger partial charge in [-0.1, -0.05) is 18.2 Å². The maximum absolute atomic E-state index is 14.0. The predicted molar refractivity (Wildman–Crippen MR) is 108 cm³/mol. The molecule has 0 aliphatic heterocycles. The van der Waals surface area contributed by atoms with E-state index in [1.807, 2.05) is 13.8 Å². The number of H-pyrrole nitrogens is 1. The van der Waals surface area contributed by atoms with E-state index in [1.165, 1.54) is 12.1 Å². The van der Waals surface area contributed by atoms with Crippen LogP contribution in [0, 0.1) is 19.7 Å². The molecule has 0 radical (unpaired) electrons. The quantitative estimate of drug-likeness (QED) is 0.573. The summed E-state index contributed by atoms with van der Waals surface area (Å²) in [5, 5.41) is 3.71. The minimum absolute atomic E-state index is 0.245. The molecule has 0 unspecified atom stereocenters. The summed E-state index contributed by atoms with van der Waals surface area (Å²) in [6, 6.07) is 9.95. The van der Waals surface area contributed by atoms with Crippen molar-refractivity contribution in [2.24, 2.45) is 5.73 Å². The number of fused-ring (bicyclic) bond motifs is 1. The second-order valence-corrected chi connectivity index (χ2v) is 6.71. The van der Waals surface area contributed by atoms with Crippen molar-refractivity contribution in [3.63, 3.8) is 0 Å². The lowest BCUT2D eigenvalue weighted by Gasteiger charge is -2.05. The van der Waals surface area contributed by atoms with Gasteiger partial charge in [-0.05, 0) is 61.2 Å². The van der Waals surface area contributed by atoms with Gasteiger partial charge in [0.2, 0.25) is 11.8 Å². The Morgan fingerprint density at radius 2 is 2.00 bits per heavy atom. The summed E-state index contributed by atoms with van der Waals surface area (Å²) in [6.45, 7) is 4.27. The van der Waals surface area contributed by atoms with Crippen LogP contribution in [0.3, 0.4) is 0 Å². The first-order chi connectivity index (χ1) is 13.4. The minimum Gasteiger partial charge on any atom is -0.366 e. The van der Waals surface area contributed by atoms with Crippen molar-refractivity contribution in [2.45, 2.75) is 20.3 Å². The van der Waals surface area contributed by atoms with Crippen molar-refractivity contribution in [1.29, 1.82) is 0 Å².